The quantitative estimate of drug-likeness (QED) is 0.798. The zero-order valence-corrected chi connectivity index (χ0v) is 12.3. The number of aromatic nitrogens is 4. The number of anilines is 1. The fourth-order valence-electron chi connectivity index (χ4n) is 2.76. The molecule has 2 atom stereocenters. The third-order valence-corrected chi connectivity index (χ3v) is 3.90. The summed E-state index contributed by atoms with van der Waals surface area (Å²) >= 11 is 0. The highest BCUT2D eigenvalue weighted by Crippen LogP contribution is 2.28. The highest BCUT2D eigenvalue weighted by atomic mass is 16.5. The van der Waals surface area contributed by atoms with E-state index in [0.717, 1.165) is 36.4 Å². The van der Waals surface area contributed by atoms with Gasteiger partial charge in [0.25, 0.3) is 0 Å². The van der Waals surface area contributed by atoms with Gasteiger partial charge in [0.05, 0.1) is 18.6 Å². The molecule has 3 aromatic heterocycles. The van der Waals surface area contributed by atoms with Crippen molar-refractivity contribution in [2.75, 3.05) is 11.9 Å². The van der Waals surface area contributed by atoms with Crippen LogP contribution in [0.1, 0.15) is 37.8 Å². The summed E-state index contributed by atoms with van der Waals surface area (Å²) in [7, 11) is 0. The predicted octanol–water partition coefficient (Wildman–Crippen LogP) is 2.90. The third-order valence-electron chi connectivity index (χ3n) is 3.90. The van der Waals surface area contributed by atoms with E-state index in [2.05, 4.69) is 20.3 Å². The van der Waals surface area contributed by atoms with Gasteiger partial charge in [-0.15, -0.1) is 0 Å². The second-order valence-corrected chi connectivity index (χ2v) is 5.40. The maximum Gasteiger partial charge on any atom is 0.167 e. The molecule has 3 aromatic rings. The molecule has 1 aliphatic rings. The van der Waals surface area contributed by atoms with Crippen molar-refractivity contribution >= 4 is 17.0 Å². The summed E-state index contributed by atoms with van der Waals surface area (Å²) in [6, 6.07) is 3.80. The molecule has 0 spiro atoms. The van der Waals surface area contributed by atoms with E-state index in [1.165, 1.54) is 0 Å². The summed E-state index contributed by atoms with van der Waals surface area (Å²) < 4.78 is 13.1. The molecule has 1 fully saturated rings. The molecule has 0 saturated carbocycles. The lowest BCUT2D eigenvalue weighted by Crippen LogP contribution is -2.09. The lowest BCUT2D eigenvalue weighted by atomic mass is 10.2. The molecule has 1 aliphatic heterocycles. The van der Waals surface area contributed by atoms with Crippen LogP contribution in [0.2, 0.25) is 0 Å². The van der Waals surface area contributed by atoms with E-state index in [-0.39, 0.29) is 12.3 Å². The topological polar surface area (TPSA) is 78.0 Å². The van der Waals surface area contributed by atoms with Gasteiger partial charge in [-0.25, -0.2) is 15.0 Å². The molecule has 1 saturated heterocycles. The van der Waals surface area contributed by atoms with Crippen LogP contribution in [-0.2, 0) is 4.74 Å². The Morgan fingerprint density at radius 1 is 1.36 bits per heavy atom. The molecule has 0 bridgehead atoms. The summed E-state index contributed by atoms with van der Waals surface area (Å²) in [6.07, 6.45) is 7.06. The van der Waals surface area contributed by atoms with Crippen LogP contribution < -0.4 is 5.32 Å². The predicted molar refractivity (Wildman–Crippen MR) is 80.3 cm³/mol. The Morgan fingerprint density at radius 3 is 3.09 bits per heavy atom. The summed E-state index contributed by atoms with van der Waals surface area (Å²) in [5.74, 6) is 1.55. The van der Waals surface area contributed by atoms with Gasteiger partial charge in [-0.1, -0.05) is 0 Å². The monoisotopic (exact) mass is 299 g/mol. The number of ether oxygens (including phenoxy) is 1. The summed E-state index contributed by atoms with van der Waals surface area (Å²) in [4.78, 5) is 13.1. The van der Waals surface area contributed by atoms with E-state index >= 15 is 0 Å². The van der Waals surface area contributed by atoms with E-state index < -0.39 is 0 Å². The van der Waals surface area contributed by atoms with Crippen molar-refractivity contribution in [3.63, 3.8) is 0 Å². The molecule has 0 aromatic carbocycles. The number of nitrogens with one attached hydrogen (secondary N) is 1. The van der Waals surface area contributed by atoms with E-state index in [0.29, 0.717) is 5.82 Å². The molecule has 1 N–H and O–H groups in total. The number of fused-ring (bicyclic) bond motifs is 1. The average molecular weight is 299 g/mol. The Morgan fingerprint density at radius 2 is 2.32 bits per heavy atom. The van der Waals surface area contributed by atoms with Crippen LogP contribution in [0.25, 0.3) is 11.2 Å². The molecule has 114 valence electrons. The number of imidazole rings is 1. The molecule has 22 heavy (non-hydrogen) atoms. The number of hydrogen-bond donors (Lipinski definition) is 1. The molecule has 7 nitrogen and oxygen atoms in total. The molecule has 4 heterocycles. The lowest BCUT2D eigenvalue weighted by Gasteiger charge is -2.13. The first-order valence-corrected chi connectivity index (χ1v) is 7.42. The van der Waals surface area contributed by atoms with Gasteiger partial charge in [0.15, 0.2) is 17.0 Å². The minimum atomic E-state index is 0.000908. The van der Waals surface area contributed by atoms with Crippen molar-refractivity contribution in [2.45, 2.75) is 32.0 Å². The van der Waals surface area contributed by atoms with E-state index in [1.54, 1.807) is 18.9 Å². The second kappa shape index (κ2) is 5.42. The molecular weight excluding hydrogens is 282 g/mol. The number of hydrogen-bond acceptors (Lipinski definition) is 6. The van der Waals surface area contributed by atoms with Crippen LogP contribution in [0, 0.1) is 0 Å². The van der Waals surface area contributed by atoms with Crippen molar-refractivity contribution in [2.24, 2.45) is 0 Å². The van der Waals surface area contributed by atoms with Gasteiger partial charge in [0.2, 0.25) is 0 Å². The molecule has 4 rings (SSSR count). The number of rotatable bonds is 4. The van der Waals surface area contributed by atoms with Gasteiger partial charge < -0.3 is 14.5 Å². The van der Waals surface area contributed by atoms with Gasteiger partial charge >= 0.3 is 0 Å². The molecule has 7 heteroatoms. The zero-order valence-electron chi connectivity index (χ0n) is 12.3. The lowest BCUT2D eigenvalue weighted by molar-refractivity contribution is 0.0593. The Bertz CT molecular complexity index is 761. The van der Waals surface area contributed by atoms with Crippen molar-refractivity contribution < 1.29 is 9.15 Å². The Labute approximate surface area is 127 Å². The molecule has 0 aliphatic carbocycles. The molecule has 0 radical (unpaired) electrons. The smallest absolute Gasteiger partial charge is 0.167 e. The van der Waals surface area contributed by atoms with Crippen molar-refractivity contribution in [1.29, 1.82) is 0 Å². The van der Waals surface area contributed by atoms with Gasteiger partial charge in [-0.05, 0) is 31.9 Å². The number of nitrogens with zero attached hydrogens (tertiary/aromatic N) is 4. The maximum absolute atomic E-state index is 5.71. The summed E-state index contributed by atoms with van der Waals surface area (Å²) in [5, 5.41) is 3.33. The Balaban J connectivity index is 1.67. The Hall–Kier alpha value is -2.41. The van der Waals surface area contributed by atoms with Crippen LogP contribution in [0.15, 0.2) is 35.5 Å². The van der Waals surface area contributed by atoms with Gasteiger partial charge in [0.1, 0.15) is 18.3 Å². The fraction of sp³-hybridized carbons (Fsp3) is 0.400. The Kier molecular flexibility index (Phi) is 3.27. The van der Waals surface area contributed by atoms with Gasteiger partial charge in [0, 0.05) is 6.61 Å². The number of furan rings is 1. The third kappa shape index (κ3) is 2.23. The zero-order chi connectivity index (χ0) is 14.9. The molecule has 0 amide bonds. The van der Waals surface area contributed by atoms with Crippen LogP contribution in [0.4, 0.5) is 5.82 Å². The van der Waals surface area contributed by atoms with Crippen LogP contribution in [0.5, 0.6) is 0 Å². The van der Waals surface area contributed by atoms with Crippen molar-refractivity contribution in [3.8, 4) is 0 Å². The van der Waals surface area contributed by atoms with Crippen LogP contribution in [-0.4, -0.2) is 26.1 Å². The first kappa shape index (κ1) is 13.3. The first-order valence-electron chi connectivity index (χ1n) is 7.42. The molecule has 2 unspecified atom stereocenters. The highest BCUT2D eigenvalue weighted by molar-refractivity contribution is 5.82. The average Bonchev–Trinajstić information content (AvgIpc) is 3.27. The van der Waals surface area contributed by atoms with E-state index in [4.69, 9.17) is 9.15 Å². The largest absolute Gasteiger partial charge is 0.467 e. The first-order chi connectivity index (χ1) is 10.8. The van der Waals surface area contributed by atoms with E-state index in [9.17, 15) is 0 Å². The minimum Gasteiger partial charge on any atom is -0.467 e. The van der Waals surface area contributed by atoms with Crippen LogP contribution in [0.3, 0.4) is 0 Å². The SMILES string of the molecule is CC(Nc1ncnc2c1ncn2C1CCCO1)c1ccco1. The maximum atomic E-state index is 5.71. The standard InChI is InChI=1S/C15H17N5O2/c1-10(11-4-2-6-21-11)19-14-13-15(17-8-16-14)20(9-18-13)12-5-3-7-22-12/h2,4,6,8-10,12H,3,5,7H2,1H3,(H,16,17,19). The summed E-state index contributed by atoms with van der Waals surface area (Å²) in [5.41, 5.74) is 1.53. The second-order valence-electron chi connectivity index (χ2n) is 5.40. The van der Waals surface area contributed by atoms with Crippen LogP contribution >= 0.6 is 0 Å². The fourth-order valence-corrected chi connectivity index (χ4v) is 2.76. The van der Waals surface area contributed by atoms with E-state index in [1.807, 2.05) is 23.6 Å². The summed E-state index contributed by atoms with van der Waals surface area (Å²) in [6.45, 7) is 2.81. The van der Waals surface area contributed by atoms with Gasteiger partial charge in [-0.2, -0.15) is 0 Å². The van der Waals surface area contributed by atoms with Crippen molar-refractivity contribution in [1.82, 2.24) is 19.5 Å². The van der Waals surface area contributed by atoms with Gasteiger partial charge in [-0.3, -0.25) is 4.57 Å². The minimum absolute atomic E-state index is 0.000908. The highest BCUT2D eigenvalue weighted by Gasteiger charge is 2.21. The van der Waals surface area contributed by atoms with Crippen molar-refractivity contribution in [3.05, 3.63) is 36.8 Å². The normalized spacial score (nSPS) is 19.6. The molecular formula is C15H17N5O2.